The molecule has 3 aromatic carbocycles. The number of fused-ring (bicyclic) bond motifs is 2. The normalized spacial score (nSPS) is 12.6. The number of aromatic nitrogens is 2. The molecule has 1 aliphatic rings. The fourth-order valence-corrected chi connectivity index (χ4v) is 3.76. The van der Waals surface area contributed by atoms with Crippen molar-refractivity contribution in [2.24, 2.45) is 0 Å². The molecule has 1 amide bonds. The van der Waals surface area contributed by atoms with Gasteiger partial charge >= 0.3 is 0 Å². The molecule has 2 heterocycles. The Morgan fingerprint density at radius 2 is 1.94 bits per heavy atom. The van der Waals surface area contributed by atoms with Crippen molar-refractivity contribution >= 4 is 34.3 Å². The van der Waals surface area contributed by atoms with Gasteiger partial charge in [0, 0.05) is 11.8 Å². The first kappa shape index (κ1) is 22.8. The molecule has 0 aliphatic carbocycles. The van der Waals surface area contributed by atoms with Crippen molar-refractivity contribution < 1.29 is 23.7 Å². The third-order valence-corrected chi connectivity index (χ3v) is 5.45. The standard InChI is InChI=1S/C27H22N4O5/c1-33-24-13-17(12-18(15-28)27-30-20-4-2-3-5-21(20)31-27)6-8-22(24)36-16-26(32)29-19-7-9-23-25(14-19)35-11-10-34-23/h2-9,12-14H,10-11,16H2,1H3,(H,29,32)(H,30,31)/b18-12+. The van der Waals surface area contributed by atoms with E-state index >= 15 is 0 Å². The molecule has 0 atom stereocenters. The molecule has 0 bridgehead atoms. The molecular formula is C27H22N4O5. The SMILES string of the molecule is COc1cc(/C=C(\C#N)c2nc3ccccc3[nH]2)ccc1OCC(=O)Nc1ccc2c(c1)OCCO2. The van der Waals surface area contributed by atoms with Crippen molar-refractivity contribution in [2.75, 3.05) is 32.2 Å². The monoisotopic (exact) mass is 482 g/mol. The maximum Gasteiger partial charge on any atom is 0.262 e. The third kappa shape index (κ3) is 4.93. The van der Waals surface area contributed by atoms with Crippen LogP contribution in [0.3, 0.4) is 0 Å². The first-order chi connectivity index (χ1) is 17.6. The van der Waals surface area contributed by atoms with Crippen molar-refractivity contribution in [1.29, 1.82) is 5.26 Å². The van der Waals surface area contributed by atoms with Crippen LogP contribution in [-0.2, 0) is 4.79 Å². The summed E-state index contributed by atoms with van der Waals surface area (Å²) in [6.45, 7) is 0.746. The molecule has 0 unspecified atom stereocenters. The number of para-hydroxylation sites is 2. The number of nitrogens with one attached hydrogen (secondary N) is 2. The Morgan fingerprint density at radius 3 is 2.75 bits per heavy atom. The summed E-state index contributed by atoms with van der Waals surface area (Å²) in [5.74, 6) is 2.20. The van der Waals surface area contributed by atoms with Crippen molar-refractivity contribution in [3.8, 4) is 29.1 Å². The number of allylic oxidation sites excluding steroid dienone is 1. The summed E-state index contributed by atoms with van der Waals surface area (Å²) in [5, 5.41) is 12.5. The van der Waals surface area contributed by atoms with E-state index in [2.05, 4.69) is 21.4 Å². The molecule has 9 heteroatoms. The van der Waals surface area contributed by atoms with Gasteiger partial charge in [0.2, 0.25) is 0 Å². The van der Waals surface area contributed by atoms with E-state index in [9.17, 15) is 10.1 Å². The van der Waals surface area contributed by atoms with Crippen molar-refractivity contribution in [3.63, 3.8) is 0 Å². The summed E-state index contributed by atoms with van der Waals surface area (Å²) >= 11 is 0. The van der Waals surface area contributed by atoms with Crippen LogP contribution < -0.4 is 24.3 Å². The molecule has 9 nitrogen and oxygen atoms in total. The van der Waals surface area contributed by atoms with Gasteiger partial charge in [-0.15, -0.1) is 0 Å². The second-order valence-corrected chi connectivity index (χ2v) is 7.88. The second kappa shape index (κ2) is 10.1. The lowest BCUT2D eigenvalue weighted by atomic mass is 10.1. The minimum atomic E-state index is -0.339. The van der Waals surface area contributed by atoms with Gasteiger partial charge in [-0.05, 0) is 48.0 Å². The van der Waals surface area contributed by atoms with Gasteiger partial charge in [-0.3, -0.25) is 4.79 Å². The Balaban J connectivity index is 1.27. The maximum absolute atomic E-state index is 12.4. The molecule has 0 saturated carbocycles. The number of anilines is 1. The van der Waals surface area contributed by atoms with Crippen LogP contribution in [0.15, 0.2) is 60.7 Å². The minimum absolute atomic E-state index is 0.220. The molecule has 180 valence electrons. The average molecular weight is 482 g/mol. The number of aromatic amines is 1. The number of ether oxygens (including phenoxy) is 4. The number of imidazole rings is 1. The molecule has 36 heavy (non-hydrogen) atoms. The zero-order chi connectivity index (χ0) is 24.9. The molecule has 1 aliphatic heterocycles. The molecule has 0 saturated heterocycles. The van der Waals surface area contributed by atoms with Crippen LogP contribution in [0.5, 0.6) is 23.0 Å². The first-order valence-electron chi connectivity index (χ1n) is 11.2. The number of rotatable bonds is 7. The van der Waals surface area contributed by atoms with Crippen LogP contribution in [0, 0.1) is 11.3 Å². The highest BCUT2D eigenvalue weighted by Gasteiger charge is 2.14. The fourth-order valence-electron chi connectivity index (χ4n) is 3.76. The van der Waals surface area contributed by atoms with Crippen molar-refractivity contribution in [3.05, 3.63) is 72.1 Å². The van der Waals surface area contributed by atoms with Crippen LogP contribution in [-0.4, -0.2) is 42.8 Å². The van der Waals surface area contributed by atoms with Crippen LogP contribution >= 0.6 is 0 Å². The predicted octanol–water partition coefficient (Wildman–Crippen LogP) is 4.42. The number of carbonyl (C=O) groups is 1. The Labute approximate surface area is 206 Å². The molecule has 0 fully saturated rings. The molecule has 0 spiro atoms. The van der Waals surface area contributed by atoms with Gasteiger partial charge in [-0.25, -0.2) is 4.98 Å². The van der Waals surface area contributed by atoms with Gasteiger partial charge in [-0.1, -0.05) is 18.2 Å². The highest BCUT2D eigenvalue weighted by atomic mass is 16.6. The number of amides is 1. The number of methoxy groups -OCH3 is 1. The van der Waals surface area contributed by atoms with Crippen LogP contribution in [0.4, 0.5) is 5.69 Å². The topological polar surface area (TPSA) is 118 Å². The predicted molar refractivity (Wildman–Crippen MR) is 134 cm³/mol. The summed E-state index contributed by atoms with van der Waals surface area (Å²) in [4.78, 5) is 20.1. The maximum atomic E-state index is 12.4. The first-order valence-corrected chi connectivity index (χ1v) is 11.2. The van der Waals surface area contributed by atoms with Crippen LogP contribution in [0.1, 0.15) is 11.4 Å². The number of H-pyrrole nitrogens is 1. The van der Waals surface area contributed by atoms with Crippen molar-refractivity contribution in [1.82, 2.24) is 9.97 Å². The van der Waals surface area contributed by atoms with E-state index in [4.69, 9.17) is 18.9 Å². The summed E-state index contributed by atoms with van der Waals surface area (Å²) in [5.41, 5.74) is 3.31. The van der Waals surface area contributed by atoms with Gasteiger partial charge < -0.3 is 29.2 Å². The number of hydrogen-bond acceptors (Lipinski definition) is 7. The third-order valence-electron chi connectivity index (χ3n) is 5.45. The number of nitrogens with zero attached hydrogens (tertiary/aromatic N) is 2. The molecule has 5 rings (SSSR count). The van der Waals surface area contributed by atoms with E-state index in [0.717, 1.165) is 16.6 Å². The van der Waals surface area contributed by atoms with E-state index < -0.39 is 0 Å². The highest BCUT2D eigenvalue weighted by Crippen LogP contribution is 2.33. The molecule has 1 aromatic heterocycles. The summed E-state index contributed by atoms with van der Waals surface area (Å²) < 4.78 is 22.2. The van der Waals surface area contributed by atoms with E-state index in [1.165, 1.54) is 7.11 Å². The lowest BCUT2D eigenvalue weighted by Gasteiger charge is -2.19. The Hall–Kier alpha value is -4.97. The second-order valence-electron chi connectivity index (χ2n) is 7.88. The van der Waals surface area contributed by atoms with E-state index in [0.29, 0.717) is 53.3 Å². The lowest BCUT2D eigenvalue weighted by Crippen LogP contribution is -2.21. The summed E-state index contributed by atoms with van der Waals surface area (Å²) in [7, 11) is 1.51. The Kier molecular flexibility index (Phi) is 6.40. The summed E-state index contributed by atoms with van der Waals surface area (Å²) in [6, 6.07) is 20.2. The van der Waals surface area contributed by atoms with Gasteiger partial charge in [0.05, 0.1) is 23.7 Å². The van der Waals surface area contributed by atoms with Gasteiger partial charge in [-0.2, -0.15) is 5.26 Å². The van der Waals surface area contributed by atoms with Gasteiger partial charge in [0.15, 0.2) is 29.6 Å². The molecule has 4 aromatic rings. The highest BCUT2D eigenvalue weighted by molar-refractivity contribution is 5.92. The van der Waals surface area contributed by atoms with E-state index in [-0.39, 0.29) is 12.5 Å². The van der Waals surface area contributed by atoms with Gasteiger partial charge in [0.25, 0.3) is 5.91 Å². The van der Waals surface area contributed by atoms with Crippen LogP contribution in [0.25, 0.3) is 22.7 Å². The molecular weight excluding hydrogens is 460 g/mol. The number of carbonyl (C=O) groups excluding carboxylic acids is 1. The lowest BCUT2D eigenvalue weighted by molar-refractivity contribution is -0.118. The minimum Gasteiger partial charge on any atom is -0.493 e. The number of nitriles is 1. The largest absolute Gasteiger partial charge is 0.493 e. The molecule has 0 radical (unpaired) electrons. The van der Waals surface area contributed by atoms with Gasteiger partial charge in [0.1, 0.15) is 25.1 Å². The summed E-state index contributed by atoms with van der Waals surface area (Å²) in [6.07, 6.45) is 1.71. The Bertz CT molecular complexity index is 1470. The zero-order valence-electron chi connectivity index (χ0n) is 19.4. The van der Waals surface area contributed by atoms with Crippen molar-refractivity contribution in [2.45, 2.75) is 0 Å². The Morgan fingerprint density at radius 1 is 1.11 bits per heavy atom. The average Bonchev–Trinajstić information content (AvgIpc) is 3.35. The smallest absolute Gasteiger partial charge is 0.262 e. The number of hydrogen-bond donors (Lipinski definition) is 2. The quantitative estimate of drug-likeness (QED) is 0.374. The number of benzene rings is 3. The van der Waals surface area contributed by atoms with E-state index in [1.807, 2.05) is 24.3 Å². The fraction of sp³-hybridized carbons (Fsp3) is 0.148. The molecule has 2 N–H and O–H groups in total. The van der Waals surface area contributed by atoms with Crippen LogP contribution in [0.2, 0.25) is 0 Å². The zero-order valence-corrected chi connectivity index (χ0v) is 19.4. The van der Waals surface area contributed by atoms with E-state index in [1.54, 1.807) is 42.5 Å².